The van der Waals surface area contributed by atoms with Gasteiger partial charge < -0.3 is 4.74 Å². The molecule has 1 aromatic rings. The summed E-state index contributed by atoms with van der Waals surface area (Å²) >= 11 is 0. The normalized spacial score (nSPS) is 7.50. The predicted octanol–water partition coefficient (Wildman–Crippen LogP) is 1.51. The number of nitrogens with zero attached hydrogens (tertiary/aromatic N) is 2. The summed E-state index contributed by atoms with van der Waals surface area (Å²) < 4.78 is 4.69. The fourth-order valence-electron chi connectivity index (χ4n) is 0.391. The summed E-state index contributed by atoms with van der Waals surface area (Å²) in [5, 5.41) is 0. The molecule has 0 saturated carbocycles. The maximum Gasteiger partial charge on any atom is 0.315 e. The van der Waals surface area contributed by atoms with E-state index in [2.05, 4.69) is 9.97 Å². The van der Waals surface area contributed by atoms with Gasteiger partial charge in [0, 0.05) is 12.4 Å². The van der Waals surface area contributed by atoms with Crippen molar-refractivity contribution in [3.05, 3.63) is 18.5 Å². The molecule has 3 nitrogen and oxygen atoms in total. The van der Waals surface area contributed by atoms with Crippen LogP contribution in [0.25, 0.3) is 0 Å². The standard InChI is InChI=1S/C5H6N2O.C2H6/c1-8-5-6-3-2-4-7-5;1-2/h2-4H,1H3;1-2H3. The van der Waals surface area contributed by atoms with Gasteiger partial charge in [0.05, 0.1) is 7.11 Å². The van der Waals surface area contributed by atoms with Crippen LogP contribution < -0.4 is 4.74 Å². The Hall–Kier alpha value is -1.12. The summed E-state index contributed by atoms with van der Waals surface area (Å²) in [7, 11) is 1.54. The lowest BCUT2D eigenvalue weighted by Crippen LogP contribution is -1.87. The number of methoxy groups -OCH3 is 1. The van der Waals surface area contributed by atoms with E-state index in [0.717, 1.165) is 0 Å². The molecule has 0 unspecified atom stereocenters. The lowest BCUT2D eigenvalue weighted by Gasteiger charge is -1.90. The zero-order chi connectivity index (χ0) is 7.82. The third kappa shape index (κ3) is 3.02. The highest BCUT2D eigenvalue weighted by molar-refractivity contribution is 4.92. The van der Waals surface area contributed by atoms with E-state index in [0.29, 0.717) is 6.01 Å². The topological polar surface area (TPSA) is 35.0 Å². The fraction of sp³-hybridized carbons (Fsp3) is 0.429. The lowest BCUT2D eigenvalue weighted by atomic mass is 10.7. The molecule has 0 saturated heterocycles. The van der Waals surface area contributed by atoms with E-state index in [-0.39, 0.29) is 0 Å². The largest absolute Gasteiger partial charge is 0.467 e. The predicted molar refractivity (Wildman–Crippen MR) is 39.9 cm³/mol. The van der Waals surface area contributed by atoms with E-state index in [1.165, 1.54) is 7.11 Å². The first-order valence-corrected chi connectivity index (χ1v) is 3.24. The minimum atomic E-state index is 0.410. The quantitative estimate of drug-likeness (QED) is 0.593. The van der Waals surface area contributed by atoms with E-state index in [9.17, 15) is 0 Å². The van der Waals surface area contributed by atoms with Gasteiger partial charge in [-0.15, -0.1) is 0 Å². The molecule has 0 spiro atoms. The fourth-order valence-corrected chi connectivity index (χ4v) is 0.391. The molecule has 0 atom stereocenters. The first kappa shape index (κ1) is 8.88. The Morgan fingerprint density at radius 2 is 1.70 bits per heavy atom. The molecule has 10 heavy (non-hydrogen) atoms. The van der Waals surface area contributed by atoms with Crippen molar-refractivity contribution in [2.75, 3.05) is 7.11 Å². The minimum Gasteiger partial charge on any atom is -0.467 e. The summed E-state index contributed by atoms with van der Waals surface area (Å²) in [6.07, 6.45) is 3.26. The van der Waals surface area contributed by atoms with Crippen LogP contribution in [0.4, 0.5) is 0 Å². The molecule has 3 heteroatoms. The lowest BCUT2D eigenvalue weighted by molar-refractivity contribution is 0.379. The van der Waals surface area contributed by atoms with Crippen molar-refractivity contribution < 1.29 is 4.74 Å². The molecular formula is C7H12N2O. The average Bonchev–Trinajstić information content (AvgIpc) is 2.10. The van der Waals surface area contributed by atoms with Crippen LogP contribution >= 0.6 is 0 Å². The molecule has 0 fully saturated rings. The highest BCUT2D eigenvalue weighted by Crippen LogP contribution is 1.92. The van der Waals surface area contributed by atoms with Gasteiger partial charge in [-0.3, -0.25) is 0 Å². The van der Waals surface area contributed by atoms with Gasteiger partial charge in [0.2, 0.25) is 0 Å². The Morgan fingerprint density at radius 1 is 1.20 bits per heavy atom. The van der Waals surface area contributed by atoms with Crippen LogP contribution in [-0.2, 0) is 0 Å². The molecule has 1 heterocycles. The second-order valence-corrected chi connectivity index (χ2v) is 1.24. The molecule has 0 aliphatic carbocycles. The van der Waals surface area contributed by atoms with Crippen molar-refractivity contribution in [1.82, 2.24) is 9.97 Å². The summed E-state index contributed by atoms with van der Waals surface area (Å²) in [6, 6.07) is 2.15. The van der Waals surface area contributed by atoms with E-state index in [1.54, 1.807) is 18.5 Å². The molecule has 0 N–H and O–H groups in total. The van der Waals surface area contributed by atoms with Gasteiger partial charge >= 0.3 is 6.01 Å². The van der Waals surface area contributed by atoms with Crippen molar-refractivity contribution in [2.24, 2.45) is 0 Å². The zero-order valence-electron chi connectivity index (χ0n) is 6.53. The first-order valence-electron chi connectivity index (χ1n) is 3.24. The van der Waals surface area contributed by atoms with Crippen LogP contribution in [0.5, 0.6) is 6.01 Å². The van der Waals surface area contributed by atoms with E-state index < -0.39 is 0 Å². The third-order valence-electron chi connectivity index (χ3n) is 0.725. The Labute approximate surface area is 61.1 Å². The van der Waals surface area contributed by atoms with Gasteiger partial charge in [0.25, 0.3) is 0 Å². The van der Waals surface area contributed by atoms with Crippen molar-refractivity contribution in [3.63, 3.8) is 0 Å². The van der Waals surface area contributed by atoms with Crippen molar-refractivity contribution in [3.8, 4) is 6.01 Å². The zero-order valence-corrected chi connectivity index (χ0v) is 6.53. The third-order valence-corrected chi connectivity index (χ3v) is 0.725. The second-order valence-electron chi connectivity index (χ2n) is 1.24. The number of aromatic nitrogens is 2. The average molecular weight is 140 g/mol. The monoisotopic (exact) mass is 140 g/mol. The highest BCUT2D eigenvalue weighted by atomic mass is 16.5. The number of hydrogen-bond donors (Lipinski definition) is 0. The Morgan fingerprint density at radius 3 is 2.00 bits per heavy atom. The van der Waals surface area contributed by atoms with Crippen LogP contribution in [0, 0.1) is 0 Å². The molecule has 0 bridgehead atoms. The van der Waals surface area contributed by atoms with Crippen LogP contribution in [0.3, 0.4) is 0 Å². The number of ether oxygens (including phenoxy) is 1. The molecule has 0 aliphatic rings. The molecule has 1 aromatic heterocycles. The van der Waals surface area contributed by atoms with E-state index in [4.69, 9.17) is 4.74 Å². The molecule has 0 aliphatic heterocycles. The van der Waals surface area contributed by atoms with Gasteiger partial charge in [0.15, 0.2) is 0 Å². The summed E-state index contributed by atoms with van der Waals surface area (Å²) in [5.74, 6) is 0. The molecule has 1 rings (SSSR count). The SMILES string of the molecule is CC.COc1ncccn1. The van der Waals surface area contributed by atoms with Gasteiger partial charge in [-0.1, -0.05) is 13.8 Å². The molecule has 56 valence electrons. The summed E-state index contributed by atoms with van der Waals surface area (Å²) in [4.78, 5) is 7.53. The maximum atomic E-state index is 4.69. The van der Waals surface area contributed by atoms with Crippen LogP contribution in [0.15, 0.2) is 18.5 Å². The Balaban J connectivity index is 0.000000371. The molecule has 0 radical (unpaired) electrons. The van der Waals surface area contributed by atoms with Crippen LogP contribution in [0.2, 0.25) is 0 Å². The molecular weight excluding hydrogens is 128 g/mol. The van der Waals surface area contributed by atoms with E-state index in [1.807, 2.05) is 13.8 Å². The molecule has 0 aromatic carbocycles. The van der Waals surface area contributed by atoms with Crippen molar-refractivity contribution in [1.29, 1.82) is 0 Å². The number of rotatable bonds is 1. The van der Waals surface area contributed by atoms with Crippen LogP contribution in [-0.4, -0.2) is 17.1 Å². The van der Waals surface area contributed by atoms with Gasteiger partial charge in [0.1, 0.15) is 0 Å². The van der Waals surface area contributed by atoms with Gasteiger partial charge in [-0.05, 0) is 6.07 Å². The van der Waals surface area contributed by atoms with E-state index >= 15 is 0 Å². The second kappa shape index (κ2) is 6.01. The summed E-state index contributed by atoms with van der Waals surface area (Å²) in [6.45, 7) is 4.00. The van der Waals surface area contributed by atoms with Crippen molar-refractivity contribution in [2.45, 2.75) is 13.8 Å². The smallest absolute Gasteiger partial charge is 0.315 e. The Kier molecular flexibility index (Phi) is 5.33. The summed E-state index contributed by atoms with van der Waals surface area (Å²) in [5.41, 5.74) is 0. The highest BCUT2D eigenvalue weighted by Gasteiger charge is 1.84. The first-order chi connectivity index (χ1) is 4.93. The maximum absolute atomic E-state index is 4.69. The minimum absolute atomic E-state index is 0.410. The number of hydrogen-bond acceptors (Lipinski definition) is 3. The van der Waals surface area contributed by atoms with Crippen molar-refractivity contribution >= 4 is 0 Å². The molecule has 0 amide bonds. The van der Waals surface area contributed by atoms with Gasteiger partial charge in [-0.2, -0.15) is 0 Å². The Bertz CT molecular complexity index is 153. The van der Waals surface area contributed by atoms with Crippen LogP contribution in [0.1, 0.15) is 13.8 Å². The van der Waals surface area contributed by atoms with Gasteiger partial charge in [-0.25, -0.2) is 9.97 Å².